The number of hydrogen-bond acceptors (Lipinski definition) is 5. The molecular formula is C19H19N3O2. The fourth-order valence-electron chi connectivity index (χ4n) is 3.32. The Hall–Kier alpha value is -2.82. The number of anilines is 1. The Kier molecular flexibility index (Phi) is 3.69. The first kappa shape index (κ1) is 14.8. The molecule has 0 fully saturated rings. The summed E-state index contributed by atoms with van der Waals surface area (Å²) in [7, 11) is 3.27. The summed E-state index contributed by atoms with van der Waals surface area (Å²) in [5, 5.41) is 4.60. The Labute approximate surface area is 140 Å². The first-order valence-corrected chi connectivity index (χ1v) is 8.01. The minimum absolute atomic E-state index is 0.156. The van der Waals surface area contributed by atoms with Crippen molar-refractivity contribution in [1.29, 1.82) is 0 Å². The number of aryl methyl sites for hydroxylation is 1. The van der Waals surface area contributed by atoms with Gasteiger partial charge in [0.25, 0.3) is 0 Å². The van der Waals surface area contributed by atoms with E-state index in [0.29, 0.717) is 11.5 Å². The summed E-state index contributed by atoms with van der Waals surface area (Å²) in [6.07, 6.45) is 3.65. The van der Waals surface area contributed by atoms with Gasteiger partial charge in [-0.05, 0) is 30.5 Å². The lowest BCUT2D eigenvalue weighted by Crippen LogP contribution is -2.19. The molecule has 0 spiro atoms. The number of aromatic nitrogens is 2. The topological polar surface area (TPSA) is 56.3 Å². The van der Waals surface area contributed by atoms with Gasteiger partial charge in [0.05, 0.1) is 31.5 Å². The van der Waals surface area contributed by atoms with Crippen LogP contribution in [0.15, 0.2) is 42.7 Å². The highest BCUT2D eigenvalue weighted by Crippen LogP contribution is 2.37. The van der Waals surface area contributed by atoms with E-state index in [1.54, 1.807) is 20.5 Å². The Morgan fingerprint density at radius 3 is 2.67 bits per heavy atom. The van der Waals surface area contributed by atoms with Crippen LogP contribution in [0.3, 0.4) is 0 Å². The van der Waals surface area contributed by atoms with Crippen LogP contribution >= 0.6 is 0 Å². The van der Waals surface area contributed by atoms with E-state index in [1.165, 1.54) is 11.3 Å². The van der Waals surface area contributed by atoms with Gasteiger partial charge < -0.3 is 14.8 Å². The zero-order valence-corrected chi connectivity index (χ0v) is 13.7. The molecule has 2 aromatic carbocycles. The number of rotatable bonds is 3. The summed E-state index contributed by atoms with van der Waals surface area (Å²) >= 11 is 0. The van der Waals surface area contributed by atoms with Gasteiger partial charge in [-0.3, -0.25) is 0 Å². The average Bonchev–Trinajstić information content (AvgIpc) is 2.65. The number of benzene rings is 2. The molecule has 4 rings (SSSR count). The van der Waals surface area contributed by atoms with Gasteiger partial charge >= 0.3 is 0 Å². The maximum absolute atomic E-state index is 5.44. The largest absolute Gasteiger partial charge is 0.493 e. The van der Waals surface area contributed by atoms with Crippen molar-refractivity contribution < 1.29 is 9.47 Å². The molecule has 122 valence electrons. The molecule has 24 heavy (non-hydrogen) atoms. The first-order valence-electron chi connectivity index (χ1n) is 8.01. The predicted octanol–water partition coefficient (Wildman–Crippen LogP) is 3.75. The molecule has 0 bridgehead atoms. The molecule has 1 aromatic heterocycles. The third-order valence-electron chi connectivity index (χ3n) is 4.55. The first-order chi connectivity index (χ1) is 11.8. The van der Waals surface area contributed by atoms with Gasteiger partial charge in [0, 0.05) is 17.1 Å². The maximum Gasteiger partial charge on any atom is 0.162 e. The normalized spacial score (nSPS) is 16.3. The van der Waals surface area contributed by atoms with Crippen molar-refractivity contribution in [1.82, 2.24) is 9.97 Å². The quantitative estimate of drug-likeness (QED) is 0.796. The van der Waals surface area contributed by atoms with Crippen LogP contribution in [0, 0.1) is 0 Å². The van der Waals surface area contributed by atoms with Crippen LogP contribution in [0.5, 0.6) is 11.5 Å². The standard InChI is InChI=1S/C19H19N3O2/c1-23-17-9-13-16(10-18(17)24-2)20-11-21-19(13)15-8-7-12-5-3-4-6-14(12)22-15/h3-6,9-11,15,22H,7-8H2,1-2H3. The third-order valence-corrected chi connectivity index (χ3v) is 4.55. The van der Waals surface area contributed by atoms with Crippen LogP contribution in [0.1, 0.15) is 23.7 Å². The second-order valence-corrected chi connectivity index (χ2v) is 5.88. The van der Waals surface area contributed by atoms with Crippen molar-refractivity contribution in [3.8, 4) is 11.5 Å². The number of hydrogen-bond donors (Lipinski definition) is 1. The molecule has 5 heteroatoms. The molecule has 0 saturated heterocycles. The van der Waals surface area contributed by atoms with Gasteiger partial charge in [-0.25, -0.2) is 9.97 Å². The summed E-state index contributed by atoms with van der Waals surface area (Å²) in [6.45, 7) is 0. The summed E-state index contributed by atoms with van der Waals surface area (Å²) < 4.78 is 10.8. The number of ether oxygens (including phenoxy) is 2. The summed E-state index contributed by atoms with van der Waals surface area (Å²) in [4.78, 5) is 8.95. The molecule has 0 amide bonds. The smallest absolute Gasteiger partial charge is 0.162 e. The summed E-state index contributed by atoms with van der Waals surface area (Å²) in [5.41, 5.74) is 4.39. The Bertz CT molecular complexity index is 895. The van der Waals surface area contributed by atoms with E-state index >= 15 is 0 Å². The second kappa shape index (κ2) is 6.00. The minimum atomic E-state index is 0.156. The minimum Gasteiger partial charge on any atom is -0.493 e. The highest BCUT2D eigenvalue weighted by Gasteiger charge is 2.22. The van der Waals surface area contributed by atoms with Crippen LogP contribution in [0.25, 0.3) is 10.9 Å². The van der Waals surface area contributed by atoms with Crippen molar-refractivity contribution in [2.24, 2.45) is 0 Å². The van der Waals surface area contributed by atoms with Gasteiger partial charge in [-0.1, -0.05) is 18.2 Å². The fraction of sp³-hybridized carbons (Fsp3) is 0.263. The van der Waals surface area contributed by atoms with E-state index in [-0.39, 0.29) is 6.04 Å². The molecule has 0 radical (unpaired) electrons. The van der Waals surface area contributed by atoms with Crippen molar-refractivity contribution in [3.63, 3.8) is 0 Å². The average molecular weight is 321 g/mol. The van der Waals surface area contributed by atoms with Crippen molar-refractivity contribution in [3.05, 3.63) is 54.0 Å². The number of methoxy groups -OCH3 is 2. The van der Waals surface area contributed by atoms with Crippen LogP contribution in [0.2, 0.25) is 0 Å². The summed E-state index contributed by atoms with van der Waals surface area (Å²) in [6, 6.07) is 12.4. The molecule has 1 N–H and O–H groups in total. The molecule has 1 aliphatic rings. The third kappa shape index (κ3) is 2.42. The van der Waals surface area contributed by atoms with Crippen molar-refractivity contribution in [2.45, 2.75) is 18.9 Å². The lowest BCUT2D eigenvalue weighted by molar-refractivity contribution is 0.355. The van der Waals surface area contributed by atoms with Crippen molar-refractivity contribution in [2.75, 3.05) is 19.5 Å². The fourth-order valence-corrected chi connectivity index (χ4v) is 3.32. The lowest BCUT2D eigenvalue weighted by atomic mass is 9.94. The number of nitrogens with one attached hydrogen (secondary N) is 1. The molecule has 3 aromatic rings. The molecule has 1 unspecified atom stereocenters. The Morgan fingerprint density at radius 1 is 1.04 bits per heavy atom. The molecule has 1 atom stereocenters. The Balaban J connectivity index is 1.80. The lowest BCUT2D eigenvalue weighted by Gasteiger charge is -2.27. The van der Waals surface area contributed by atoms with Crippen molar-refractivity contribution >= 4 is 16.6 Å². The molecular weight excluding hydrogens is 302 g/mol. The van der Waals surface area contributed by atoms with Crippen LogP contribution in [-0.2, 0) is 6.42 Å². The molecule has 1 aliphatic heterocycles. The van der Waals surface area contributed by atoms with E-state index in [0.717, 1.165) is 29.4 Å². The van der Waals surface area contributed by atoms with Crippen LogP contribution in [0.4, 0.5) is 5.69 Å². The predicted molar refractivity (Wildman–Crippen MR) is 93.8 cm³/mol. The van der Waals surface area contributed by atoms with E-state index in [2.05, 4.69) is 39.6 Å². The molecule has 5 nitrogen and oxygen atoms in total. The Morgan fingerprint density at radius 2 is 1.83 bits per heavy atom. The van der Waals surface area contributed by atoms with Crippen LogP contribution in [-0.4, -0.2) is 24.2 Å². The highest BCUT2D eigenvalue weighted by atomic mass is 16.5. The molecule has 0 saturated carbocycles. The van der Waals surface area contributed by atoms with E-state index in [9.17, 15) is 0 Å². The number of nitrogens with zero attached hydrogens (tertiary/aromatic N) is 2. The molecule has 0 aliphatic carbocycles. The van der Waals surface area contributed by atoms with Gasteiger partial charge in [0.2, 0.25) is 0 Å². The summed E-state index contributed by atoms with van der Waals surface area (Å²) in [5.74, 6) is 1.37. The zero-order chi connectivity index (χ0) is 16.5. The van der Waals surface area contributed by atoms with Gasteiger partial charge in [0.1, 0.15) is 6.33 Å². The SMILES string of the molecule is COc1cc2ncnc(C3CCc4ccccc4N3)c2cc1OC. The van der Waals surface area contributed by atoms with Gasteiger partial charge in [-0.15, -0.1) is 0 Å². The maximum atomic E-state index is 5.44. The van der Waals surface area contributed by atoms with Gasteiger partial charge in [-0.2, -0.15) is 0 Å². The number of para-hydroxylation sites is 1. The van der Waals surface area contributed by atoms with Gasteiger partial charge in [0.15, 0.2) is 11.5 Å². The zero-order valence-electron chi connectivity index (χ0n) is 13.7. The van der Waals surface area contributed by atoms with Crippen LogP contribution < -0.4 is 14.8 Å². The van der Waals surface area contributed by atoms with E-state index in [1.807, 2.05) is 12.1 Å². The molecule has 2 heterocycles. The highest BCUT2D eigenvalue weighted by molar-refractivity contribution is 5.85. The monoisotopic (exact) mass is 321 g/mol. The number of fused-ring (bicyclic) bond motifs is 2. The van der Waals surface area contributed by atoms with E-state index < -0.39 is 0 Å². The second-order valence-electron chi connectivity index (χ2n) is 5.88. The van der Waals surface area contributed by atoms with E-state index in [4.69, 9.17) is 9.47 Å².